The monoisotopic (exact) mass is 403 g/mol. The van der Waals surface area contributed by atoms with Crippen molar-refractivity contribution in [2.45, 2.75) is 13.8 Å². The standard InChI is InChI=1S/C20H27N3O.CH4O.CH2S/c1-16-4-8-20(9-5-16)23(12-10-21-3)13-11-22-19-7-6-18(15-24)17(2)14-19;2*1-2/h4-9,14-15,21-22H,10-13H2,1-3H3;2H,1H3;1H2. The molecule has 0 aliphatic carbocycles. The Morgan fingerprint density at radius 2 is 1.64 bits per heavy atom. The lowest BCUT2D eigenvalue weighted by atomic mass is 10.1. The number of likely N-dealkylation sites (N-methyl/N-ethyl adjacent to an activating group) is 1. The number of thiocarbonyl (C=S) groups is 1. The Balaban J connectivity index is 0.00000171. The summed E-state index contributed by atoms with van der Waals surface area (Å²) in [6.07, 6.45) is 0.899. The van der Waals surface area contributed by atoms with Crippen molar-refractivity contribution in [3.8, 4) is 0 Å². The molecule has 0 spiro atoms. The summed E-state index contributed by atoms with van der Waals surface area (Å²) in [6.45, 7) is 7.73. The number of hydrogen-bond acceptors (Lipinski definition) is 6. The molecule has 2 aromatic carbocycles. The van der Waals surface area contributed by atoms with E-state index >= 15 is 0 Å². The van der Waals surface area contributed by atoms with Crippen LogP contribution in [0.4, 0.5) is 11.4 Å². The summed E-state index contributed by atoms with van der Waals surface area (Å²) < 4.78 is 0. The first-order valence-electron chi connectivity index (χ1n) is 9.13. The number of anilines is 2. The highest BCUT2D eigenvalue weighted by molar-refractivity contribution is 7.77. The number of nitrogens with zero attached hydrogens (tertiary/aromatic N) is 1. The predicted octanol–water partition coefficient (Wildman–Crippen LogP) is 3.48. The normalized spacial score (nSPS) is 9.32. The highest BCUT2D eigenvalue weighted by atomic mass is 32.1. The van der Waals surface area contributed by atoms with Gasteiger partial charge in [-0.2, -0.15) is 0 Å². The summed E-state index contributed by atoms with van der Waals surface area (Å²) >= 11 is 3.83. The first kappa shape index (κ1) is 25.7. The fourth-order valence-corrected chi connectivity index (χ4v) is 2.63. The van der Waals surface area contributed by atoms with E-state index in [1.165, 1.54) is 11.3 Å². The summed E-state index contributed by atoms with van der Waals surface area (Å²) in [6, 6.07) is 14.5. The third kappa shape index (κ3) is 9.08. The highest BCUT2D eigenvalue weighted by Crippen LogP contribution is 2.16. The summed E-state index contributed by atoms with van der Waals surface area (Å²) in [5.41, 5.74) is 5.31. The summed E-state index contributed by atoms with van der Waals surface area (Å²) in [5.74, 6) is 2.83. The smallest absolute Gasteiger partial charge is 0.150 e. The van der Waals surface area contributed by atoms with Gasteiger partial charge >= 0.3 is 0 Å². The largest absolute Gasteiger partial charge is 0.400 e. The average Bonchev–Trinajstić information content (AvgIpc) is 2.74. The number of aryl methyl sites for hydroxylation is 2. The summed E-state index contributed by atoms with van der Waals surface area (Å²) in [5, 5.41) is 13.7. The molecule has 2 rings (SSSR count). The molecule has 6 heteroatoms. The Morgan fingerprint density at radius 1 is 1.04 bits per heavy atom. The first-order valence-corrected chi connectivity index (χ1v) is 9.71. The lowest BCUT2D eigenvalue weighted by molar-refractivity contribution is 0.112. The van der Waals surface area contributed by atoms with Crippen LogP contribution in [0.1, 0.15) is 21.5 Å². The van der Waals surface area contributed by atoms with E-state index in [1.54, 1.807) is 0 Å². The molecule has 0 saturated heterocycles. The van der Waals surface area contributed by atoms with Crippen LogP contribution in [0.5, 0.6) is 0 Å². The quantitative estimate of drug-likeness (QED) is 0.440. The van der Waals surface area contributed by atoms with E-state index in [-0.39, 0.29) is 0 Å². The minimum atomic E-state index is 0.746. The molecular formula is C22H33N3O2S. The lowest BCUT2D eigenvalue weighted by Gasteiger charge is -2.25. The van der Waals surface area contributed by atoms with Gasteiger partial charge in [-0.3, -0.25) is 4.79 Å². The molecule has 0 atom stereocenters. The van der Waals surface area contributed by atoms with Gasteiger partial charge in [0.2, 0.25) is 0 Å². The van der Waals surface area contributed by atoms with Crippen LogP contribution >= 0.6 is 12.2 Å². The van der Waals surface area contributed by atoms with Gasteiger partial charge in [0.1, 0.15) is 6.29 Å². The number of carbonyl (C=O) groups excluding carboxylic acids is 1. The van der Waals surface area contributed by atoms with E-state index in [0.29, 0.717) is 0 Å². The Labute approximate surface area is 174 Å². The van der Waals surface area contributed by atoms with Gasteiger partial charge in [0.25, 0.3) is 0 Å². The van der Waals surface area contributed by atoms with Gasteiger partial charge in [0.05, 0.1) is 0 Å². The second-order valence-electron chi connectivity index (χ2n) is 6.04. The second-order valence-corrected chi connectivity index (χ2v) is 6.04. The number of benzene rings is 2. The van der Waals surface area contributed by atoms with Crippen molar-refractivity contribution in [3.63, 3.8) is 0 Å². The van der Waals surface area contributed by atoms with Crippen LogP contribution in [0.15, 0.2) is 42.5 Å². The fraction of sp³-hybridized carbons (Fsp3) is 0.364. The van der Waals surface area contributed by atoms with E-state index in [2.05, 4.69) is 64.8 Å². The highest BCUT2D eigenvalue weighted by Gasteiger charge is 2.06. The van der Waals surface area contributed by atoms with Crippen molar-refractivity contribution in [2.75, 3.05) is 50.6 Å². The SMILES string of the molecule is C=S.CNCCN(CCNc1ccc(C=O)c(C)c1)c1ccc(C)cc1.CO. The molecule has 0 heterocycles. The molecule has 0 radical (unpaired) electrons. The molecule has 5 nitrogen and oxygen atoms in total. The second kappa shape index (κ2) is 15.7. The third-order valence-corrected chi connectivity index (χ3v) is 4.14. The number of carbonyl (C=O) groups is 1. The van der Waals surface area contributed by atoms with E-state index in [4.69, 9.17) is 5.11 Å². The molecule has 2 aromatic rings. The van der Waals surface area contributed by atoms with E-state index in [9.17, 15) is 4.79 Å². The van der Waals surface area contributed by atoms with Crippen LogP contribution in [-0.4, -0.2) is 57.6 Å². The molecule has 0 unspecified atom stereocenters. The van der Waals surface area contributed by atoms with Crippen LogP contribution < -0.4 is 15.5 Å². The molecule has 0 saturated carbocycles. The van der Waals surface area contributed by atoms with Crippen LogP contribution in [0.25, 0.3) is 0 Å². The zero-order chi connectivity index (χ0) is 21.4. The summed E-state index contributed by atoms with van der Waals surface area (Å²) in [4.78, 5) is 13.3. The maximum Gasteiger partial charge on any atom is 0.150 e. The third-order valence-electron chi connectivity index (χ3n) is 4.14. The van der Waals surface area contributed by atoms with Crippen molar-refractivity contribution in [1.29, 1.82) is 0 Å². The Bertz CT molecular complexity index is 678. The molecular weight excluding hydrogens is 370 g/mol. The van der Waals surface area contributed by atoms with Crippen LogP contribution in [0.3, 0.4) is 0 Å². The minimum Gasteiger partial charge on any atom is -0.400 e. The first-order chi connectivity index (χ1) is 13.6. The molecule has 28 heavy (non-hydrogen) atoms. The van der Waals surface area contributed by atoms with Crippen LogP contribution in [0.2, 0.25) is 0 Å². The predicted molar refractivity (Wildman–Crippen MR) is 125 cm³/mol. The molecule has 3 N–H and O–H groups in total. The number of aldehydes is 1. The number of nitrogens with one attached hydrogen (secondary N) is 2. The number of aliphatic hydroxyl groups is 1. The maximum atomic E-state index is 10.9. The van der Waals surface area contributed by atoms with E-state index in [1.807, 2.05) is 32.2 Å². The van der Waals surface area contributed by atoms with Crippen molar-refractivity contribution in [1.82, 2.24) is 5.32 Å². The zero-order valence-corrected chi connectivity index (χ0v) is 18.2. The van der Waals surface area contributed by atoms with E-state index < -0.39 is 0 Å². The van der Waals surface area contributed by atoms with Crippen molar-refractivity contribution >= 4 is 35.7 Å². The van der Waals surface area contributed by atoms with Crippen LogP contribution in [0, 0.1) is 13.8 Å². The van der Waals surface area contributed by atoms with Crippen molar-refractivity contribution in [2.24, 2.45) is 0 Å². The molecule has 0 bridgehead atoms. The summed E-state index contributed by atoms with van der Waals surface area (Å²) in [7, 11) is 2.98. The number of rotatable bonds is 9. The average molecular weight is 404 g/mol. The van der Waals surface area contributed by atoms with Crippen LogP contribution in [-0.2, 0) is 0 Å². The van der Waals surface area contributed by atoms with Crippen molar-refractivity contribution in [3.05, 3.63) is 59.2 Å². The lowest BCUT2D eigenvalue weighted by Crippen LogP contribution is -2.34. The Hall–Kier alpha value is -2.28. The molecule has 154 valence electrons. The zero-order valence-electron chi connectivity index (χ0n) is 17.4. The Morgan fingerprint density at radius 3 is 2.18 bits per heavy atom. The van der Waals surface area contributed by atoms with Gasteiger partial charge in [-0.15, -0.1) is 0 Å². The number of hydrogen-bond donors (Lipinski definition) is 3. The molecule has 0 aromatic heterocycles. The van der Waals surface area contributed by atoms with Gasteiger partial charge in [-0.25, -0.2) is 0 Å². The van der Waals surface area contributed by atoms with Gasteiger partial charge in [0, 0.05) is 50.2 Å². The Kier molecular flexibility index (Phi) is 14.5. The fourth-order valence-electron chi connectivity index (χ4n) is 2.63. The molecule has 0 aliphatic heterocycles. The number of aliphatic hydroxyl groups excluding tert-OH is 1. The van der Waals surface area contributed by atoms with Gasteiger partial charge in [-0.1, -0.05) is 29.9 Å². The van der Waals surface area contributed by atoms with Crippen molar-refractivity contribution < 1.29 is 9.90 Å². The molecule has 0 fully saturated rings. The van der Waals surface area contributed by atoms with Gasteiger partial charge < -0.3 is 20.6 Å². The molecule has 0 amide bonds. The van der Waals surface area contributed by atoms with E-state index in [0.717, 1.165) is 56.4 Å². The molecule has 0 aliphatic rings. The minimum absolute atomic E-state index is 0.746. The van der Waals surface area contributed by atoms with Gasteiger partial charge in [0.15, 0.2) is 0 Å². The topological polar surface area (TPSA) is 64.6 Å². The maximum absolute atomic E-state index is 10.9. The van der Waals surface area contributed by atoms with Gasteiger partial charge in [-0.05, 0) is 62.7 Å².